The average Bonchev–Trinajstić information content (AvgIpc) is 3.20. The number of benzene rings is 1. The Morgan fingerprint density at radius 3 is 2.65 bits per heavy atom. The van der Waals surface area contributed by atoms with Crippen molar-refractivity contribution in [2.45, 2.75) is 26.7 Å². The van der Waals surface area contributed by atoms with E-state index in [1.165, 1.54) is 0 Å². The van der Waals surface area contributed by atoms with Gasteiger partial charge in [-0.2, -0.15) is 0 Å². The number of rotatable bonds is 5. The number of carbonyl (C=O) groups is 2. The lowest BCUT2D eigenvalue weighted by molar-refractivity contribution is -0.125. The van der Waals surface area contributed by atoms with E-state index in [-0.39, 0.29) is 23.7 Å². The van der Waals surface area contributed by atoms with E-state index in [1.54, 1.807) is 0 Å². The fourth-order valence-corrected chi connectivity index (χ4v) is 2.44. The molecule has 1 aliphatic rings. The number of amides is 2. The molecule has 0 saturated heterocycles. The van der Waals surface area contributed by atoms with Crippen molar-refractivity contribution < 1.29 is 9.59 Å². The molecule has 5 heteroatoms. The predicted octanol–water partition coefficient (Wildman–Crippen LogP) is 2.86. The molecule has 0 aromatic heterocycles. The normalized spacial score (nSPS) is 20.4. The molecule has 0 spiro atoms. The first-order chi connectivity index (χ1) is 9.52. The van der Waals surface area contributed by atoms with Crippen LogP contribution in [0.2, 0.25) is 0 Å². The Morgan fingerprint density at radius 2 is 2.00 bits per heavy atom. The highest BCUT2D eigenvalue weighted by Crippen LogP contribution is 2.39. The minimum atomic E-state index is -0.188. The van der Waals surface area contributed by atoms with Crippen molar-refractivity contribution >= 4 is 33.4 Å². The average molecular weight is 339 g/mol. The summed E-state index contributed by atoms with van der Waals surface area (Å²) in [7, 11) is 0. The third-order valence-corrected chi connectivity index (χ3v) is 4.31. The van der Waals surface area contributed by atoms with Crippen LogP contribution in [0.4, 0.5) is 5.69 Å². The quantitative estimate of drug-likeness (QED) is 0.867. The maximum absolute atomic E-state index is 12.1. The lowest BCUT2D eigenvalue weighted by atomic mass is 10.2. The zero-order chi connectivity index (χ0) is 14.7. The van der Waals surface area contributed by atoms with Crippen molar-refractivity contribution in [2.24, 2.45) is 11.8 Å². The van der Waals surface area contributed by atoms with Gasteiger partial charge in [0.1, 0.15) is 0 Å². The molecule has 1 saturated carbocycles. The smallest absolute Gasteiger partial charge is 0.228 e. The molecule has 0 bridgehead atoms. The first kappa shape index (κ1) is 15.0. The molecule has 108 valence electrons. The maximum atomic E-state index is 12.1. The van der Waals surface area contributed by atoms with E-state index in [4.69, 9.17) is 0 Å². The number of halogens is 1. The van der Waals surface area contributed by atoms with Crippen LogP contribution in [0.15, 0.2) is 22.7 Å². The molecule has 1 aromatic carbocycles. The molecule has 4 nitrogen and oxygen atoms in total. The second kappa shape index (κ2) is 6.39. The van der Waals surface area contributed by atoms with Crippen molar-refractivity contribution in [3.8, 4) is 0 Å². The number of aryl methyl sites for hydroxylation is 1. The van der Waals surface area contributed by atoms with E-state index in [0.29, 0.717) is 13.0 Å². The summed E-state index contributed by atoms with van der Waals surface area (Å²) in [4.78, 5) is 23.8. The largest absolute Gasteiger partial charge is 0.356 e. The van der Waals surface area contributed by atoms with Crippen molar-refractivity contribution in [1.82, 2.24) is 5.32 Å². The van der Waals surface area contributed by atoms with Gasteiger partial charge in [0.2, 0.25) is 11.8 Å². The Hall–Kier alpha value is -1.36. The van der Waals surface area contributed by atoms with E-state index >= 15 is 0 Å². The van der Waals surface area contributed by atoms with Gasteiger partial charge in [0.25, 0.3) is 0 Å². The number of hydrogen-bond donors (Lipinski definition) is 2. The van der Waals surface area contributed by atoms with Crippen LogP contribution in [0.5, 0.6) is 0 Å². The van der Waals surface area contributed by atoms with Crippen molar-refractivity contribution in [2.75, 3.05) is 11.9 Å². The molecule has 2 N–H and O–H groups in total. The summed E-state index contributed by atoms with van der Waals surface area (Å²) in [5, 5.41) is 5.70. The van der Waals surface area contributed by atoms with Gasteiger partial charge < -0.3 is 10.6 Å². The Bertz CT molecular complexity index is 531. The fraction of sp³-hybridized carbons (Fsp3) is 0.467. The van der Waals surface area contributed by atoms with Crippen LogP contribution >= 0.6 is 15.9 Å². The van der Waals surface area contributed by atoms with Gasteiger partial charge in [-0.1, -0.05) is 28.9 Å². The zero-order valence-electron chi connectivity index (χ0n) is 11.7. The highest BCUT2D eigenvalue weighted by Gasteiger charge is 2.47. The van der Waals surface area contributed by atoms with E-state index in [1.807, 2.05) is 32.0 Å². The van der Waals surface area contributed by atoms with Crippen LogP contribution in [-0.2, 0) is 9.59 Å². The Labute approximate surface area is 127 Å². The topological polar surface area (TPSA) is 58.2 Å². The van der Waals surface area contributed by atoms with Gasteiger partial charge in [0.05, 0.1) is 11.8 Å². The maximum Gasteiger partial charge on any atom is 0.228 e. The summed E-state index contributed by atoms with van der Waals surface area (Å²) in [6, 6.07) is 5.69. The summed E-state index contributed by atoms with van der Waals surface area (Å²) in [6.07, 6.45) is 1.56. The minimum Gasteiger partial charge on any atom is -0.356 e. The summed E-state index contributed by atoms with van der Waals surface area (Å²) < 4.78 is 0.961. The van der Waals surface area contributed by atoms with Crippen molar-refractivity contribution in [1.29, 1.82) is 0 Å². The van der Waals surface area contributed by atoms with Crippen LogP contribution in [0.3, 0.4) is 0 Å². The number of hydrogen-bond acceptors (Lipinski definition) is 2. The third kappa shape index (κ3) is 3.60. The highest BCUT2D eigenvalue weighted by atomic mass is 79.9. The lowest BCUT2D eigenvalue weighted by Crippen LogP contribution is -2.27. The molecule has 2 unspecified atom stereocenters. The molecular formula is C15H19BrN2O2. The number of nitrogens with one attached hydrogen (secondary N) is 2. The Morgan fingerprint density at radius 1 is 1.30 bits per heavy atom. The van der Waals surface area contributed by atoms with Gasteiger partial charge in [0.15, 0.2) is 0 Å². The van der Waals surface area contributed by atoms with Gasteiger partial charge in [-0.05, 0) is 37.5 Å². The summed E-state index contributed by atoms with van der Waals surface area (Å²) >= 11 is 3.44. The zero-order valence-corrected chi connectivity index (χ0v) is 13.3. The Kier molecular flexibility index (Phi) is 4.81. The molecule has 2 rings (SSSR count). The fourth-order valence-electron chi connectivity index (χ4n) is 2.06. The molecule has 2 amide bonds. The van der Waals surface area contributed by atoms with Gasteiger partial charge in [0, 0.05) is 16.7 Å². The lowest BCUT2D eigenvalue weighted by Gasteiger charge is -2.07. The van der Waals surface area contributed by atoms with Crippen LogP contribution in [0.1, 0.15) is 25.3 Å². The van der Waals surface area contributed by atoms with Crippen LogP contribution in [-0.4, -0.2) is 18.4 Å². The molecule has 1 aromatic rings. The molecule has 20 heavy (non-hydrogen) atoms. The predicted molar refractivity (Wildman–Crippen MR) is 82.4 cm³/mol. The van der Waals surface area contributed by atoms with E-state index in [9.17, 15) is 9.59 Å². The van der Waals surface area contributed by atoms with Crippen molar-refractivity contribution in [3.05, 3.63) is 28.2 Å². The molecule has 1 fully saturated rings. The first-order valence-electron chi connectivity index (χ1n) is 6.87. The molecule has 0 radical (unpaired) electrons. The Balaban J connectivity index is 1.87. The van der Waals surface area contributed by atoms with Gasteiger partial charge in [-0.3, -0.25) is 9.59 Å². The van der Waals surface area contributed by atoms with Crippen LogP contribution in [0.25, 0.3) is 0 Å². The minimum absolute atomic E-state index is 0.00270. The van der Waals surface area contributed by atoms with E-state index in [0.717, 1.165) is 22.1 Å². The third-order valence-electron chi connectivity index (χ3n) is 3.45. The highest BCUT2D eigenvalue weighted by molar-refractivity contribution is 9.10. The van der Waals surface area contributed by atoms with Gasteiger partial charge in [-0.25, -0.2) is 0 Å². The standard InChI is InChI=1S/C15H19BrN2O2/c1-3-6-17-14(19)11-8-12(11)15(20)18-10-5-4-9(2)13(16)7-10/h4-5,7,11-12H,3,6,8H2,1-2H3,(H,17,19)(H,18,20). The van der Waals surface area contributed by atoms with E-state index in [2.05, 4.69) is 26.6 Å². The summed E-state index contributed by atoms with van der Waals surface area (Å²) in [5.41, 5.74) is 1.87. The van der Waals surface area contributed by atoms with Gasteiger partial charge >= 0.3 is 0 Å². The molecule has 1 aliphatic carbocycles. The summed E-state index contributed by atoms with van der Waals surface area (Å²) in [5.74, 6) is -0.420. The molecule has 0 aliphatic heterocycles. The SMILES string of the molecule is CCCNC(=O)C1CC1C(=O)Nc1ccc(C)c(Br)c1. The second-order valence-corrected chi connectivity index (χ2v) is 6.05. The molecular weight excluding hydrogens is 320 g/mol. The molecule has 2 atom stereocenters. The van der Waals surface area contributed by atoms with Gasteiger partial charge in [-0.15, -0.1) is 0 Å². The number of anilines is 1. The number of carbonyl (C=O) groups excluding carboxylic acids is 2. The van der Waals surface area contributed by atoms with Crippen molar-refractivity contribution in [3.63, 3.8) is 0 Å². The molecule has 0 heterocycles. The van der Waals surface area contributed by atoms with Crippen LogP contribution in [0, 0.1) is 18.8 Å². The monoisotopic (exact) mass is 338 g/mol. The first-order valence-corrected chi connectivity index (χ1v) is 7.67. The summed E-state index contributed by atoms with van der Waals surface area (Å²) in [6.45, 7) is 4.67. The second-order valence-electron chi connectivity index (χ2n) is 5.19. The van der Waals surface area contributed by atoms with Crippen LogP contribution < -0.4 is 10.6 Å². The van der Waals surface area contributed by atoms with E-state index < -0.39 is 0 Å².